The van der Waals surface area contributed by atoms with Crippen LogP contribution in [0.3, 0.4) is 0 Å². The van der Waals surface area contributed by atoms with Crippen molar-refractivity contribution < 1.29 is 9.53 Å². The van der Waals surface area contributed by atoms with Gasteiger partial charge in [-0.05, 0) is 58.5 Å². The SMILES string of the molecule is CCCC(C)(N)C(=O)N1CCC(CCCN(C)CCOC)CC1. The topological polar surface area (TPSA) is 58.8 Å². The van der Waals surface area contributed by atoms with Gasteiger partial charge in [-0.2, -0.15) is 0 Å². The first-order valence-corrected chi connectivity index (χ1v) is 9.16. The van der Waals surface area contributed by atoms with Crippen molar-refractivity contribution in [3.63, 3.8) is 0 Å². The zero-order chi connectivity index (χ0) is 17.3. The van der Waals surface area contributed by atoms with E-state index in [4.69, 9.17) is 10.5 Å². The van der Waals surface area contributed by atoms with Crippen LogP contribution in [0, 0.1) is 5.92 Å². The molecule has 0 aromatic heterocycles. The maximum Gasteiger partial charge on any atom is 0.242 e. The lowest BCUT2D eigenvalue weighted by atomic mass is 9.89. The highest BCUT2D eigenvalue weighted by molar-refractivity contribution is 5.85. The van der Waals surface area contributed by atoms with E-state index in [2.05, 4.69) is 18.9 Å². The molecule has 1 rings (SSSR count). The predicted molar refractivity (Wildman–Crippen MR) is 95.4 cm³/mol. The van der Waals surface area contributed by atoms with Crippen LogP contribution in [0.2, 0.25) is 0 Å². The van der Waals surface area contributed by atoms with E-state index in [9.17, 15) is 4.79 Å². The maximum absolute atomic E-state index is 12.5. The Labute approximate surface area is 142 Å². The molecule has 1 fully saturated rings. The molecule has 5 heteroatoms. The van der Waals surface area contributed by atoms with Crippen molar-refractivity contribution in [2.75, 3.05) is 46.9 Å². The summed E-state index contributed by atoms with van der Waals surface area (Å²) in [5.41, 5.74) is 5.49. The number of hydrogen-bond acceptors (Lipinski definition) is 4. The minimum atomic E-state index is -0.689. The van der Waals surface area contributed by atoms with Crippen LogP contribution < -0.4 is 5.73 Å². The second-order valence-corrected chi connectivity index (χ2v) is 7.34. The first kappa shape index (κ1) is 20.4. The van der Waals surface area contributed by atoms with Gasteiger partial charge in [-0.3, -0.25) is 4.79 Å². The van der Waals surface area contributed by atoms with Crippen molar-refractivity contribution in [1.82, 2.24) is 9.80 Å². The van der Waals surface area contributed by atoms with Crippen molar-refractivity contribution in [1.29, 1.82) is 0 Å². The standard InChI is InChI=1S/C18H37N3O2/c1-5-10-18(2,19)17(22)21-12-8-16(9-13-21)7-6-11-20(3)14-15-23-4/h16H,5-15,19H2,1-4H3. The third-order valence-electron chi connectivity index (χ3n) is 4.99. The lowest BCUT2D eigenvalue weighted by molar-refractivity contribution is -0.138. The van der Waals surface area contributed by atoms with Crippen LogP contribution in [0.5, 0.6) is 0 Å². The minimum absolute atomic E-state index is 0.136. The van der Waals surface area contributed by atoms with Gasteiger partial charge in [0.25, 0.3) is 0 Å². The molecule has 1 aliphatic rings. The van der Waals surface area contributed by atoms with E-state index in [1.165, 1.54) is 12.8 Å². The third kappa shape index (κ3) is 7.19. The molecular formula is C18H37N3O2. The molecule has 0 bridgehead atoms. The van der Waals surface area contributed by atoms with Gasteiger partial charge in [-0.1, -0.05) is 13.3 Å². The molecule has 0 aromatic rings. The number of carbonyl (C=O) groups is 1. The number of methoxy groups -OCH3 is 1. The Morgan fingerprint density at radius 1 is 1.35 bits per heavy atom. The Kier molecular flexibility index (Phi) is 9.10. The van der Waals surface area contributed by atoms with Crippen LogP contribution in [-0.2, 0) is 9.53 Å². The summed E-state index contributed by atoms with van der Waals surface area (Å²) in [7, 11) is 3.89. The summed E-state index contributed by atoms with van der Waals surface area (Å²) in [4.78, 5) is 16.8. The third-order valence-corrected chi connectivity index (χ3v) is 4.99. The number of piperidine rings is 1. The molecule has 136 valence electrons. The Hall–Kier alpha value is -0.650. The minimum Gasteiger partial charge on any atom is -0.383 e. The Morgan fingerprint density at radius 3 is 2.57 bits per heavy atom. The first-order valence-electron chi connectivity index (χ1n) is 9.16. The number of nitrogens with zero attached hydrogens (tertiary/aromatic N) is 2. The highest BCUT2D eigenvalue weighted by Gasteiger charge is 2.33. The van der Waals surface area contributed by atoms with Crippen LogP contribution in [0.15, 0.2) is 0 Å². The lowest BCUT2D eigenvalue weighted by Gasteiger charge is -2.37. The van der Waals surface area contributed by atoms with E-state index in [1.807, 2.05) is 11.8 Å². The fourth-order valence-corrected chi connectivity index (χ4v) is 3.42. The molecule has 1 heterocycles. The van der Waals surface area contributed by atoms with Gasteiger partial charge in [0, 0.05) is 26.7 Å². The van der Waals surface area contributed by atoms with Crippen molar-refractivity contribution in [3.8, 4) is 0 Å². The Morgan fingerprint density at radius 2 is 2.00 bits per heavy atom. The van der Waals surface area contributed by atoms with Gasteiger partial charge in [0.2, 0.25) is 5.91 Å². The molecule has 2 N–H and O–H groups in total. The molecule has 0 spiro atoms. The number of hydrogen-bond donors (Lipinski definition) is 1. The molecule has 1 unspecified atom stereocenters. The summed E-state index contributed by atoms with van der Waals surface area (Å²) in [5.74, 6) is 0.891. The number of likely N-dealkylation sites (tertiary alicyclic amines) is 1. The molecule has 0 saturated carbocycles. The monoisotopic (exact) mass is 327 g/mol. The van der Waals surface area contributed by atoms with Gasteiger partial charge < -0.3 is 20.3 Å². The van der Waals surface area contributed by atoms with E-state index in [0.717, 1.165) is 64.4 Å². The highest BCUT2D eigenvalue weighted by atomic mass is 16.5. The molecule has 5 nitrogen and oxygen atoms in total. The molecule has 0 aromatic carbocycles. The summed E-state index contributed by atoms with van der Waals surface area (Å²) in [6.45, 7) is 8.62. The summed E-state index contributed by atoms with van der Waals surface area (Å²) in [6.07, 6.45) is 6.44. The zero-order valence-corrected chi connectivity index (χ0v) is 15.6. The van der Waals surface area contributed by atoms with Crippen LogP contribution in [0.1, 0.15) is 52.4 Å². The van der Waals surface area contributed by atoms with Crippen molar-refractivity contribution in [2.45, 2.75) is 57.9 Å². The number of amides is 1. The van der Waals surface area contributed by atoms with E-state index in [0.29, 0.717) is 0 Å². The average Bonchev–Trinajstić information content (AvgIpc) is 2.53. The molecule has 1 aliphatic heterocycles. The van der Waals surface area contributed by atoms with Gasteiger partial charge in [-0.15, -0.1) is 0 Å². The Bertz CT molecular complexity index is 339. The normalized spacial score (nSPS) is 19.1. The maximum atomic E-state index is 12.5. The quantitative estimate of drug-likeness (QED) is 0.667. The first-order chi connectivity index (χ1) is 10.9. The van der Waals surface area contributed by atoms with E-state index >= 15 is 0 Å². The molecule has 1 atom stereocenters. The number of nitrogens with two attached hydrogens (primary N) is 1. The highest BCUT2D eigenvalue weighted by Crippen LogP contribution is 2.24. The van der Waals surface area contributed by atoms with Crippen LogP contribution in [0.25, 0.3) is 0 Å². The second-order valence-electron chi connectivity index (χ2n) is 7.34. The number of ether oxygens (including phenoxy) is 1. The molecular weight excluding hydrogens is 290 g/mol. The van der Waals surface area contributed by atoms with Crippen molar-refractivity contribution >= 4 is 5.91 Å². The summed E-state index contributed by atoms with van der Waals surface area (Å²) in [6, 6.07) is 0. The van der Waals surface area contributed by atoms with Crippen LogP contribution in [0.4, 0.5) is 0 Å². The largest absolute Gasteiger partial charge is 0.383 e. The van der Waals surface area contributed by atoms with Crippen molar-refractivity contribution in [2.24, 2.45) is 11.7 Å². The van der Waals surface area contributed by atoms with Crippen LogP contribution >= 0.6 is 0 Å². The van der Waals surface area contributed by atoms with Gasteiger partial charge in [0.05, 0.1) is 12.1 Å². The lowest BCUT2D eigenvalue weighted by Crippen LogP contribution is -2.54. The average molecular weight is 328 g/mol. The number of carbonyl (C=O) groups excluding carboxylic acids is 1. The fraction of sp³-hybridized carbons (Fsp3) is 0.944. The summed E-state index contributed by atoms with van der Waals surface area (Å²) in [5, 5.41) is 0. The molecule has 1 amide bonds. The van der Waals surface area contributed by atoms with Crippen LogP contribution in [-0.4, -0.2) is 68.2 Å². The number of rotatable bonds is 10. The predicted octanol–water partition coefficient (Wildman–Crippen LogP) is 2.10. The Balaban J connectivity index is 2.24. The van der Waals surface area contributed by atoms with E-state index in [-0.39, 0.29) is 5.91 Å². The van der Waals surface area contributed by atoms with Gasteiger partial charge in [0.15, 0.2) is 0 Å². The summed E-state index contributed by atoms with van der Waals surface area (Å²) < 4.78 is 5.10. The zero-order valence-electron chi connectivity index (χ0n) is 15.6. The molecule has 0 aliphatic carbocycles. The van der Waals surface area contributed by atoms with Gasteiger partial charge in [0.1, 0.15) is 0 Å². The fourth-order valence-electron chi connectivity index (χ4n) is 3.42. The number of likely N-dealkylation sites (N-methyl/N-ethyl adjacent to an activating group) is 1. The smallest absolute Gasteiger partial charge is 0.242 e. The summed E-state index contributed by atoms with van der Waals surface area (Å²) >= 11 is 0. The molecule has 23 heavy (non-hydrogen) atoms. The van der Waals surface area contributed by atoms with Gasteiger partial charge in [-0.25, -0.2) is 0 Å². The van der Waals surface area contributed by atoms with E-state index < -0.39 is 5.54 Å². The van der Waals surface area contributed by atoms with Crippen molar-refractivity contribution in [3.05, 3.63) is 0 Å². The molecule has 0 radical (unpaired) electrons. The molecule has 1 saturated heterocycles. The van der Waals surface area contributed by atoms with E-state index in [1.54, 1.807) is 7.11 Å². The second kappa shape index (κ2) is 10.3. The van der Waals surface area contributed by atoms with Gasteiger partial charge >= 0.3 is 0 Å².